The van der Waals surface area contributed by atoms with Crippen LogP contribution in [-0.4, -0.2) is 51.1 Å². The Kier molecular flexibility index (Phi) is 9.10. The normalized spacial score (nSPS) is 12.5. The molecule has 0 bridgehead atoms. The molecule has 3 rings (SSSR count). The minimum atomic E-state index is -4.75. The fourth-order valence-corrected chi connectivity index (χ4v) is 5.54. The average molecular weight is 571 g/mol. The highest BCUT2D eigenvalue weighted by Crippen LogP contribution is 2.44. The summed E-state index contributed by atoms with van der Waals surface area (Å²) in [6.07, 6.45) is 0. The van der Waals surface area contributed by atoms with Crippen molar-refractivity contribution in [1.29, 1.82) is 0 Å². The number of benzene rings is 3. The van der Waals surface area contributed by atoms with Gasteiger partial charge in [0.05, 0.1) is 18.0 Å². The summed E-state index contributed by atoms with van der Waals surface area (Å²) in [6, 6.07) is 9.76. The van der Waals surface area contributed by atoms with E-state index in [0.29, 0.717) is 33.3 Å². The van der Waals surface area contributed by atoms with Crippen LogP contribution in [-0.2, 0) is 31.4 Å². The van der Waals surface area contributed by atoms with Gasteiger partial charge in [-0.2, -0.15) is 19.0 Å². The third-order valence-electron chi connectivity index (χ3n) is 5.38. The molecule has 0 aromatic heterocycles. The highest BCUT2D eigenvalue weighted by molar-refractivity contribution is 7.91. The van der Waals surface area contributed by atoms with E-state index in [1.807, 2.05) is 6.92 Å². The van der Waals surface area contributed by atoms with Gasteiger partial charge in [-0.1, -0.05) is 18.2 Å². The predicted molar refractivity (Wildman–Crippen MR) is 142 cm³/mol. The minimum Gasteiger partial charge on any atom is -0.505 e. The fraction of sp³-hybridized carbons (Fsp3) is 0.304. The van der Waals surface area contributed by atoms with Crippen LogP contribution in [0.15, 0.2) is 51.5 Å². The topological polar surface area (TPSA) is 167 Å². The Balaban J connectivity index is 1.96. The third-order valence-corrected chi connectivity index (χ3v) is 8.04. The van der Waals surface area contributed by atoms with Crippen molar-refractivity contribution in [3.05, 3.63) is 53.1 Å². The highest BCUT2D eigenvalue weighted by Gasteiger charge is 2.23. The SMILES string of the molecule is CNc1cc(C)cc2cc(S(=O)(=O)O)c(N=Nc3cc(CONCS(=O)(=O)CCCl)ccc3C)c(O)c12. The number of nitrogens with one attached hydrogen (secondary N) is 2. The number of aromatic hydroxyl groups is 1. The lowest BCUT2D eigenvalue weighted by atomic mass is 10.0. The Morgan fingerprint density at radius 3 is 2.43 bits per heavy atom. The third kappa shape index (κ3) is 7.15. The Hall–Kier alpha value is -2.81. The Bertz CT molecular complexity index is 1560. The first-order chi connectivity index (χ1) is 17.4. The molecule has 0 heterocycles. The van der Waals surface area contributed by atoms with Crippen LogP contribution in [0.25, 0.3) is 10.8 Å². The monoisotopic (exact) mass is 570 g/mol. The summed E-state index contributed by atoms with van der Waals surface area (Å²) in [5.74, 6) is -1.05. The Morgan fingerprint density at radius 1 is 1.05 bits per heavy atom. The van der Waals surface area contributed by atoms with Gasteiger partial charge in [-0.25, -0.2) is 8.42 Å². The molecule has 0 aliphatic carbocycles. The van der Waals surface area contributed by atoms with E-state index in [9.17, 15) is 26.5 Å². The summed E-state index contributed by atoms with van der Waals surface area (Å²) in [6.45, 7) is 3.56. The lowest BCUT2D eigenvalue weighted by molar-refractivity contribution is 0.0392. The standard InChI is InChI=1S/C23H27ClN4O7S2/c1-14-8-17-11-20(37(32,33)34)22(23(29)21(17)19(9-14)25-3)28-27-18-10-16(5-4-15(18)2)12-35-26-13-36(30,31)7-6-24/h4-5,8-11,25-26,29H,6-7,12-13H2,1-3H3,(H,32,33,34). The Morgan fingerprint density at radius 2 is 1.78 bits per heavy atom. The number of phenolic OH excluding ortho intramolecular Hbond substituents is 1. The Labute approximate surface area is 220 Å². The van der Waals surface area contributed by atoms with Crippen molar-refractivity contribution < 1.29 is 31.3 Å². The van der Waals surface area contributed by atoms with Crippen LogP contribution in [0, 0.1) is 13.8 Å². The van der Waals surface area contributed by atoms with Crippen LogP contribution in [0.5, 0.6) is 5.75 Å². The zero-order valence-electron chi connectivity index (χ0n) is 20.3. The number of nitrogens with zero attached hydrogens (tertiary/aromatic N) is 2. The van der Waals surface area contributed by atoms with E-state index >= 15 is 0 Å². The highest BCUT2D eigenvalue weighted by atomic mass is 35.5. The van der Waals surface area contributed by atoms with Gasteiger partial charge in [0.25, 0.3) is 10.1 Å². The van der Waals surface area contributed by atoms with Gasteiger partial charge >= 0.3 is 0 Å². The number of sulfone groups is 1. The molecule has 0 saturated carbocycles. The van der Waals surface area contributed by atoms with Crippen molar-refractivity contribution in [3.8, 4) is 5.75 Å². The molecule has 3 aromatic rings. The van der Waals surface area contributed by atoms with Crippen molar-refractivity contribution in [2.24, 2.45) is 10.2 Å². The molecule has 0 saturated heterocycles. The lowest BCUT2D eigenvalue weighted by Gasteiger charge is -2.13. The number of hydroxylamine groups is 1. The maximum atomic E-state index is 12.1. The van der Waals surface area contributed by atoms with E-state index < -0.39 is 42.2 Å². The number of fused-ring (bicyclic) bond motifs is 1. The van der Waals surface area contributed by atoms with Gasteiger partial charge in [0.1, 0.15) is 16.5 Å². The molecular weight excluding hydrogens is 544 g/mol. The summed E-state index contributed by atoms with van der Waals surface area (Å²) < 4.78 is 57.5. The molecule has 0 spiro atoms. The van der Waals surface area contributed by atoms with Gasteiger partial charge in [-0.3, -0.25) is 9.39 Å². The molecular formula is C23H27ClN4O7S2. The quantitative estimate of drug-likeness (QED) is 0.0853. The minimum absolute atomic E-state index is 0.00156. The van der Waals surface area contributed by atoms with Crippen LogP contribution in [0.2, 0.25) is 0 Å². The van der Waals surface area contributed by atoms with Crippen molar-refractivity contribution in [2.75, 3.05) is 29.9 Å². The summed E-state index contributed by atoms with van der Waals surface area (Å²) >= 11 is 5.46. The molecule has 37 heavy (non-hydrogen) atoms. The number of alkyl halides is 1. The van der Waals surface area contributed by atoms with Gasteiger partial charge in [-0.15, -0.1) is 16.7 Å². The van der Waals surface area contributed by atoms with Gasteiger partial charge in [-0.05, 0) is 54.1 Å². The van der Waals surface area contributed by atoms with Gasteiger partial charge < -0.3 is 10.4 Å². The number of phenols is 1. The van der Waals surface area contributed by atoms with Crippen LogP contribution >= 0.6 is 11.6 Å². The van der Waals surface area contributed by atoms with Crippen molar-refractivity contribution in [2.45, 2.75) is 25.3 Å². The van der Waals surface area contributed by atoms with E-state index in [0.717, 1.165) is 5.56 Å². The first-order valence-corrected chi connectivity index (χ1v) is 14.7. The number of hydrogen-bond acceptors (Lipinski definition) is 10. The molecule has 4 N–H and O–H groups in total. The van der Waals surface area contributed by atoms with Crippen molar-refractivity contribution in [3.63, 3.8) is 0 Å². The number of azo groups is 1. The smallest absolute Gasteiger partial charge is 0.296 e. The molecule has 0 fully saturated rings. The first kappa shape index (κ1) is 28.8. The van der Waals surface area contributed by atoms with Crippen LogP contribution < -0.4 is 10.8 Å². The molecule has 0 atom stereocenters. The van der Waals surface area contributed by atoms with Crippen LogP contribution in [0.3, 0.4) is 0 Å². The second kappa shape index (κ2) is 11.7. The van der Waals surface area contributed by atoms with Gasteiger partial charge in [0, 0.05) is 24.0 Å². The molecule has 0 aliphatic rings. The maximum absolute atomic E-state index is 12.1. The summed E-state index contributed by atoms with van der Waals surface area (Å²) in [5.41, 5.74) is 4.97. The molecule has 14 heteroatoms. The molecule has 200 valence electrons. The summed E-state index contributed by atoms with van der Waals surface area (Å²) in [4.78, 5) is 4.63. The predicted octanol–water partition coefficient (Wildman–Crippen LogP) is 4.50. The first-order valence-electron chi connectivity index (χ1n) is 10.9. The molecule has 0 aliphatic heterocycles. The lowest BCUT2D eigenvalue weighted by Crippen LogP contribution is -2.25. The maximum Gasteiger partial charge on any atom is 0.296 e. The molecule has 0 radical (unpaired) electrons. The second-order valence-corrected chi connectivity index (χ2v) is 12.2. The van der Waals surface area contributed by atoms with E-state index in [1.54, 1.807) is 44.3 Å². The second-order valence-electron chi connectivity index (χ2n) is 8.24. The van der Waals surface area contributed by atoms with Gasteiger partial charge in [0.2, 0.25) is 0 Å². The molecule has 0 unspecified atom stereocenters. The van der Waals surface area contributed by atoms with Crippen LogP contribution in [0.4, 0.5) is 17.1 Å². The number of anilines is 1. The van der Waals surface area contributed by atoms with Crippen molar-refractivity contribution >= 4 is 59.4 Å². The number of halogens is 1. The zero-order valence-corrected chi connectivity index (χ0v) is 22.7. The molecule has 3 aromatic carbocycles. The van der Waals surface area contributed by atoms with E-state index in [-0.39, 0.29) is 18.2 Å². The fourth-order valence-electron chi connectivity index (χ4n) is 3.54. The van der Waals surface area contributed by atoms with Crippen LogP contribution in [0.1, 0.15) is 16.7 Å². The van der Waals surface area contributed by atoms with Gasteiger partial charge in [0.15, 0.2) is 15.6 Å². The zero-order chi connectivity index (χ0) is 27.4. The molecule has 11 nitrogen and oxygen atoms in total. The summed E-state index contributed by atoms with van der Waals surface area (Å²) in [7, 11) is -6.48. The van der Waals surface area contributed by atoms with E-state index in [4.69, 9.17) is 16.4 Å². The number of rotatable bonds is 11. The number of hydrogen-bond donors (Lipinski definition) is 4. The van der Waals surface area contributed by atoms with E-state index in [2.05, 4.69) is 21.0 Å². The molecule has 0 amide bonds. The average Bonchev–Trinajstić information content (AvgIpc) is 2.81. The summed E-state index contributed by atoms with van der Waals surface area (Å²) in [5, 5.41) is 22.8. The van der Waals surface area contributed by atoms with E-state index in [1.165, 1.54) is 6.07 Å². The largest absolute Gasteiger partial charge is 0.505 e. The van der Waals surface area contributed by atoms with Crippen molar-refractivity contribution in [1.82, 2.24) is 5.48 Å². The number of aryl methyl sites for hydroxylation is 2.